The molecule has 0 aliphatic carbocycles. The van der Waals surface area contributed by atoms with E-state index in [1.165, 1.54) is 11.3 Å². The van der Waals surface area contributed by atoms with Crippen LogP contribution in [0.3, 0.4) is 0 Å². The molecule has 72 valence electrons. The summed E-state index contributed by atoms with van der Waals surface area (Å²) >= 11 is 3.06. The van der Waals surface area contributed by atoms with Crippen molar-refractivity contribution in [2.24, 2.45) is 5.73 Å². The van der Waals surface area contributed by atoms with E-state index in [1.807, 2.05) is 6.07 Å². The average Bonchev–Trinajstić information content (AvgIpc) is 2.71. The van der Waals surface area contributed by atoms with E-state index in [1.54, 1.807) is 29.7 Å². The van der Waals surface area contributed by atoms with E-state index < -0.39 is 0 Å². The van der Waals surface area contributed by atoms with Gasteiger partial charge in [-0.1, -0.05) is 23.1 Å². The molecule has 0 saturated heterocycles. The number of rotatable bonds is 3. The van der Waals surface area contributed by atoms with Crippen molar-refractivity contribution in [3.8, 4) is 0 Å². The fourth-order valence-corrected chi connectivity index (χ4v) is 2.51. The van der Waals surface area contributed by atoms with E-state index in [4.69, 9.17) is 5.73 Å². The summed E-state index contributed by atoms with van der Waals surface area (Å²) in [6, 6.07) is 1.92. The van der Waals surface area contributed by atoms with Crippen molar-refractivity contribution in [3.05, 3.63) is 29.5 Å². The first-order valence-corrected chi connectivity index (χ1v) is 5.66. The van der Waals surface area contributed by atoms with Crippen molar-refractivity contribution in [1.82, 2.24) is 15.2 Å². The van der Waals surface area contributed by atoms with Gasteiger partial charge in [-0.3, -0.25) is 4.98 Å². The highest BCUT2D eigenvalue weighted by atomic mass is 32.2. The molecule has 0 atom stereocenters. The third-order valence-electron chi connectivity index (χ3n) is 1.63. The van der Waals surface area contributed by atoms with Crippen LogP contribution in [0.25, 0.3) is 0 Å². The van der Waals surface area contributed by atoms with Crippen LogP contribution >= 0.6 is 23.1 Å². The lowest BCUT2D eigenvalue weighted by molar-refractivity contribution is 0.990. The maximum atomic E-state index is 5.61. The van der Waals surface area contributed by atoms with E-state index in [9.17, 15) is 0 Å². The van der Waals surface area contributed by atoms with Gasteiger partial charge >= 0.3 is 0 Å². The molecule has 0 fully saturated rings. The molecule has 2 aromatic rings. The molecule has 0 aromatic carbocycles. The Balaban J connectivity index is 2.24. The van der Waals surface area contributed by atoms with Crippen molar-refractivity contribution in [2.75, 3.05) is 0 Å². The van der Waals surface area contributed by atoms with E-state index in [0.29, 0.717) is 6.54 Å². The van der Waals surface area contributed by atoms with Crippen molar-refractivity contribution >= 4 is 23.1 Å². The number of hydrogen-bond acceptors (Lipinski definition) is 6. The van der Waals surface area contributed by atoms with Gasteiger partial charge in [0.25, 0.3) is 0 Å². The maximum Gasteiger partial charge on any atom is 0.178 e. The summed E-state index contributed by atoms with van der Waals surface area (Å²) < 4.78 is 0.910. The van der Waals surface area contributed by atoms with Crippen LogP contribution in [-0.4, -0.2) is 15.2 Å². The van der Waals surface area contributed by atoms with Gasteiger partial charge in [-0.15, -0.1) is 10.2 Å². The third kappa shape index (κ3) is 2.09. The Morgan fingerprint density at radius 3 is 3.14 bits per heavy atom. The van der Waals surface area contributed by atoms with Gasteiger partial charge in [-0.05, 0) is 11.6 Å². The summed E-state index contributed by atoms with van der Waals surface area (Å²) in [5.74, 6) is 0. The lowest BCUT2D eigenvalue weighted by Crippen LogP contribution is -1.98. The molecule has 0 amide bonds. The Hall–Kier alpha value is -0.980. The lowest BCUT2D eigenvalue weighted by atomic mass is 10.3. The summed E-state index contributed by atoms with van der Waals surface area (Å²) in [4.78, 5) is 5.10. The first kappa shape index (κ1) is 9.57. The Morgan fingerprint density at radius 1 is 1.50 bits per heavy atom. The molecule has 14 heavy (non-hydrogen) atoms. The molecule has 4 nitrogen and oxygen atoms in total. The Morgan fingerprint density at radius 2 is 2.43 bits per heavy atom. The van der Waals surface area contributed by atoms with Crippen LogP contribution in [0.15, 0.2) is 33.2 Å². The third-order valence-corrected chi connectivity index (χ3v) is 3.49. The summed E-state index contributed by atoms with van der Waals surface area (Å²) in [7, 11) is 0. The molecule has 0 unspecified atom stereocenters. The molecule has 2 aromatic heterocycles. The second-order valence-electron chi connectivity index (χ2n) is 2.49. The predicted octanol–water partition coefficient (Wildman–Crippen LogP) is 1.54. The smallest absolute Gasteiger partial charge is 0.178 e. The molecule has 0 radical (unpaired) electrons. The molecule has 2 heterocycles. The summed E-state index contributed by atoms with van der Waals surface area (Å²) in [6.07, 6.45) is 3.54. The number of pyridine rings is 1. The Bertz CT molecular complexity index is 401. The molecule has 0 aliphatic heterocycles. The number of hydrogen-bond donors (Lipinski definition) is 1. The van der Waals surface area contributed by atoms with Gasteiger partial charge in [0.05, 0.1) is 0 Å². The molecule has 0 spiro atoms. The monoisotopic (exact) mass is 224 g/mol. The maximum absolute atomic E-state index is 5.61. The van der Waals surface area contributed by atoms with Gasteiger partial charge in [-0.2, -0.15) is 0 Å². The average molecular weight is 224 g/mol. The molecular weight excluding hydrogens is 216 g/mol. The van der Waals surface area contributed by atoms with E-state index in [0.717, 1.165) is 14.8 Å². The van der Waals surface area contributed by atoms with E-state index in [2.05, 4.69) is 15.2 Å². The summed E-state index contributed by atoms with van der Waals surface area (Å²) in [6.45, 7) is 0.518. The van der Waals surface area contributed by atoms with Crippen molar-refractivity contribution in [2.45, 2.75) is 15.8 Å². The highest BCUT2D eigenvalue weighted by Crippen LogP contribution is 2.30. The SMILES string of the molecule is NCc1ccncc1Sc1nncs1. The molecule has 2 rings (SSSR count). The molecular formula is C8H8N4S2. The first-order chi connectivity index (χ1) is 6.90. The zero-order valence-corrected chi connectivity index (χ0v) is 8.88. The van der Waals surface area contributed by atoms with E-state index >= 15 is 0 Å². The topological polar surface area (TPSA) is 64.7 Å². The lowest BCUT2D eigenvalue weighted by Gasteiger charge is -2.02. The van der Waals surface area contributed by atoms with Crippen LogP contribution in [-0.2, 0) is 6.54 Å². The minimum Gasteiger partial charge on any atom is -0.326 e. The van der Waals surface area contributed by atoms with Gasteiger partial charge in [0, 0.05) is 23.8 Å². The van der Waals surface area contributed by atoms with Gasteiger partial charge in [0.2, 0.25) is 0 Å². The fraction of sp³-hybridized carbons (Fsp3) is 0.125. The summed E-state index contributed by atoms with van der Waals surface area (Å²) in [5.41, 5.74) is 8.40. The molecule has 6 heteroatoms. The highest BCUT2D eigenvalue weighted by molar-refractivity contribution is 8.01. The number of nitrogens with zero attached hydrogens (tertiary/aromatic N) is 3. The molecule has 2 N–H and O–H groups in total. The van der Waals surface area contributed by atoms with Crippen LogP contribution < -0.4 is 5.73 Å². The molecule has 0 bridgehead atoms. The largest absolute Gasteiger partial charge is 0.326 e. The zero-order chi connectivity index (χ0) is 9.80. The van der Waals surface area contributed by atoms with E-state index in [-0.39, 0.29) is 0 Å². The summed E-state index contributed by atoms with van der Waals surface area (Å²) in [5, 5.41) is 7.72. The van der Waals surface area contributed by atoms with Crippen LogP contribution in [0.2, 0.25) is 0 Å². The minimum atomic E-state index is 0.518. The van der Waals surface area contributed by atoms with Crippen molar-refractivity contribution in [1.29, 1.82) is 0 Å². The Kier molecular flexibility index (Phi) is 3.07. The zero-order valence-electron chi connectivity index (χ0n) is 7.25. The second kappa shape index (κ2) is 4.50. The van der Waals surface area contributed by atoms with Crippen LogP contribution in [0.5, 0.6) is 0 Å². The van der Waals surface area contributed by atoms with Crippen molar-refractivity contribution in [3.63, 3.8) is 0 Å². The molecule has 0 saturated carbocycles. The fourth-order valence-electron chi connectivity index (χ4n) is 0.971. The quantitative estimate of drug-likeness (QED) is 0.856. The van der Waals surface area contributed by atoms with Gasteiger partial charge in [0.15, 0.2) is 4.34 Å². The second-order valence-corrected chi connectivity index (χ2v) is 4.62. The standard InChI is InChI=1S/C8H8N4S2/c9-3-6-1-2-10-4-7(6)14-8-12-11-5-13-8/h1-2,4-5H,3,9H2. The molecule has 0 aliphatic rings. The van der Waals surface area contributed by atoms with Gasteiger partial charge < -0.3 is 5.73 Å². The minimum absolute atomic E-state index is 0.518. The predicted molar refractivity (Wildman–Crippen MR) is 56.2 cm³/mol. The van der Waals surface area contributed by atoms with Crippen molar-refractivity contribution < 1.29 is 0 Å². The normalized spacial score (nSPS) is 10.4. The highest BCUT2D eigenvalue weighted by Gasteiger charge is 2.04. The van der Waals surface area contributed by atoms with Gasteiger partial charge in [0.1, 0.15) is 5.51 Å². The van der Waals surface area contributed by atoms with Crippen LogP contribution in [0.1, 0.15) is 5.56 Å². The number of nitrogens with two attached hydrogens (primary N) is 1. The van der Waals surface area contributed by atoms with Crippen LogP contribution in [0.4, 0.5) is 0 Å². The Labute approximate surface area is 89.6 Å². The first-order valence-electron chi connectivity index (χ1n) is 3.97. The van der Waals surface area contributed by atoms with Crippen LogP contribution in [0, 0.1) is 0 Å². The number of aromatic nitrogens is 3. The van der Waals surface area contributed by atoms with Gasteiger partial charge in [-0.25, -0.2) is 0 Å².